The second kappa shape index (κ2) is 6.32. The first-order valence-electron chi connectivity index (χ1n) is 5.44. The van der Waals surface area contributed by atoms with E-state index in [1.165, 1.54) is 0 Å². The summed E-state index contributed by atoms with van der Waals surface area (Å²) in [6, 6.07) is 5.14. The Hall–Kier alpha value is -1.46. The first-order valence-corrected chi connectivity index (χ1v) is 5.44. The first kappa shape index (κ1) is 13.6. The number of methoxy groups -OCH3 is 1. The van der Waals surface area contributed by atoms with Crippen LogP contribution in [0.4, 0.5) is 0 Å². The Kier molecular flexibility index (Phi) is 5.06. The molecule has 1 aromatic rings. The van der Waals surface area contributed by atoms with Crippen molar-refractivity contribution in [1.82, 2.24) is 10.3 Å². The number of hydrogen-bond acceptors (Lipinski definition) is 4. The van der Waals surface area contributed by atoms with Gasteiger partial charge in [0.2, 0.25) is 0 Å². The number of hydrogen-bond donors (Lipinski definition) is 2. The van der Waals surface area contributed by atoms with Gasteiger partial charge in [0.05, 0.1) is 12.1 Å². The number of pyridine rings is 1. The highest BCUT2D eigenvalue weighted by atomic mass is 16.5. The van der Waals surface area contributed by atoms with E-state index in [1.807, 2.05) is 6.92 Å². The van der Waals surface area contributed by atoms with E-state index >= 15 is 0 Å². The van der Waals surface area contributed by atoms with Crippen molar-refractivity contribution in [2.24, 2.45) is 0 Å². The lowest BCUT2D eigenvalue weighted by Crippen LogP contribution is -2.50. The summed E-state index contributed by atoms with van der Waals surface area (Å²) in [6.07, 6.45) is 1.99. The molecule has 0 fully saturated rings. The zero-order chi connectivity index (χ0) is 12.7. The van der Waals surface area contributed by atoms with Crippen LogP contribution in [-0.4, -0.2) is 41.9 Å². The summed E-state index contributed by atoms with van der Waals surface area (Å²) in [5.74, 6) is -0.265. The second-order valence-electron chi connectivity index (χ2n) is 4.14. The number of aromatic nitrogens is 1. The molecule has 0 aliphatic heterocycles. The van der Waals surface area contributed by atoms with E-state index in [4.69, 9.17) is 9.84 Å². The molecule has 17 heavy (non-hydrogen) atoms. The van der Waals surface area contributed by atoms with Crippen molar-refractivity contribution in [3.8, 4) is 0 Å². The molecule has 1 atom stereocenters. The molecule has 1 aromatic heterocycles. The fourth-order valence-corrected chi connectivity index (χ4v) is 1.57. The van der Waals surface area contributed by atoms with E-state index in [9.17, 15) is 4.79 Å². The van der Waals surface area contributed by atoms with Gasteiger partial charge in [0, 0.05) is 19.9 Å². The molecular formula is C12H18N2O3. The van der Waals surface area contributed by atoms with E-state index in [1.54, 1.807) is 31.5 Å². The van der Waals surface area contributed by atoms with Crippen LogP contribution in [0.15, 0.2) is 24.4 Å². The second-order valence-corrected chi connectivity index (χ2v) is 4.14. The van der Waals surface area contributed by atoms with Gasteiger partial charge in [-0.25, -0.2) is 0 Å². The van der Waals surface area contributed by atoms with Gasteiger partial charge in [-0.2, -0.15) is 0 Å². The average molecular weight is 238 g/mol. The lowest BCUT2D eigenvalue weighted by atomic mass is 9.99. The summed E-state index contributed by atoms with van der Waals surface area (Å²) in [6.45, 7) is 2.15. The van der Waals surface area contributed by atoms with Crippen LogP contribution in [0.2, 0.25) is 0 Å². The lowest BCUT2D eigenvalue weighted by Gasteiger charge is -2.29. The van der Waals surface area contributed by atoms with Gasteiger partial charge in [0.25, 0.3) is 5.91 Å². The molecular weight excluding hydrogens is 220 g/mol. The van der Waals surface area contributed by atoms with Crippen molar-refractivity contribution in [2.45, 2.75) is 18.9 Å². The van der Waals surface area contributed by atoms with E-state index in [0.29, 0.717) is 18.7 Å². The number of ether oxygens (including phenoxy) is 1. The highest BCUT2D eigenvalue weighted by Crippen LogP contribution is 2.10. The van der Waals surface area contributed by atoms with E-state index < -0.39 is 5.54 Å². The molecule has 0 aliphatic carbocycles. The van der Waals surface area contributed by atoms with Gasteiger partial charge >= 0.3 is 0 Å². The smallest absolute Gasteiger partial charge is 0.270 e. The zero-order valence-electron chi connectivity index (χ0n) is 10.1. The SMILES string of the molecule is COC[C@@](C)(CCO)NC(=O)c1ccccn1. The van der Waals surface area contributed by atoms with Gasteiger partial charge in [0.15, 0.2) is 0 Å². The predicted octanol–water partition coefficient (Wildman–Crippen LogP) is 0.599. The maximum Gasteiger partial charge on any atom is 0.270 e. The maximum absolute atomic E-state index is 11.9. The Morgan fingerprint density at radius 3 is 2.88 bits per heavy atom. The average Bonchev–Trinajstić information content (AvgIpc) is 2.30. The largest absolute Gasteiger partial charge is 0.396 e. The zero-order valence-corrected chi connectivity index (χ0v) is 10.1. The number of nitrogens with one attached hydrogen (secondary N) is 1. The van der Waals surface area contributed by atoms with Crippen molar-refractivity contribution in [3.05, 3.63) is 30.1 Å². The van der Waals surface area contributed by atoms with Crippen LogP contribution in [0, 0.1) is 0 Å². The van der Waals surface area contributed by atoms with E-state index in [2.05, 4.69) is 10.3 Å². The quantitative estimate of drug-likeness (QED) is 0.761. The summed E-state index contributed by atoms with van der Waals surface area (Å²) < 4.78 is 5.05. The first-order chi connectivity index (χ1) is 8.11. The Labute approximate surface area is 101 Å². The molecule has 1 heterocycles. The van der Waals surface area contributed by atoms with Crippen LogP contribution in [0.3, 0.4) is 0 Å². The topological polar surface area (TPSA) is 71.5 Å². The van der Waals surface area contributed by atoms with Crippen molar-refractivity contribution in [2.75, 3.05) is 20.3 Å². The number of amides is 1. The third kappa shape index (κ3) is 4.13. The molecule has 0 radical (unpaired) electrons. The van der Waals surface area contributed by atoms with E-state index in [-0.39, 0.29) is 12.5 Å². The third-order valence-electron chi connectivity index (χ3n) is 2.44. The molecule has 0 aliphatic rings. The normalized spacial score (nSPS) is 14.1. The summed E-state index contributed by atoms with van der Waals surface area (Å²) in [5, 5.41) is 11.8. The van der Waals surface area contributed by atoms with Crippen LogP contribution < -0.4 is 5.32 Å². The Balaban J connectivity index is 2.71. The van der Waals surface area contributed by atoms with Crippen molar-refractivity contribution in [1.29, 1.82) is 0 Å². The van der Waals surface area contributed by atoms with Gasteiger partial charge in [-0.3, -0.25) is 9.78 Å². The maximum atomic E-state index is 11.9. The van der Waals surface area contributed by atoms with Gasteiger partial charge < -0.3 is 15.2 Å². The molecule has 2 N–H and O–H groups in total. The highest BCUT2D eigenvalue weighted by molar-refractivity contribution is 5.92. The Morgan fingerprint density at radius 2 is 2.35 bits per heavy atom. The molecule has 1 rings (SSSR count). The van der Waals surface area contributed by atoms with Gasteiger partial charge in [0.1, 0.15) is 5.69 Å². The van der Waals surface area contributed by atoms with Crippen molar-refractivity contribution >= 4 is 5.91 Å². The minimum Gasteiger partial charge on any atom is -0.396 e. The Morgan fingerprint density at radius 1 is 1.59 bits per heavy atom. The molecule has 5 heteroatoms. The number of aliphatic hydroxyl groups is 1. The number of nitrogens with zero attached hydrogens (tertiary/aromatic N) is 1. The number of rotatable bonds is 6. The minimum absolute atomic E-state index is 0.0115. The van der Waals surface area contributed by atoms with Crippen LogP contribution in [-0.2, 0) is 4.74 Å². The molecule has 0 saturated heterocycles. The summed E-state index contributed by atoms with van der Waals surface area (Å²) >= 11 is 0. The van der Waals surface area contributed by atoms with Crippen molar-refractivity contribution in [3.63, 3.8) is 0 Å². The molecule has 0 spiro atoms. The van der Waals surface area contributed by atoms with Gasteiger partial charge in [-0.15, -0.1) is 0 Å². The summed E-state index contributed by atoms with van der Waals surface area (Å²) in [7, 11) is 1.56. The number of aliphatic hydroxyl groups excluding tert-OH is 1. The molecule has 94 valence electrons. The van der Waals surface area contributed by atoms with Crippen LogP contribution in [0.1, 0.15) is 23.8 Å². The summed E-state index contributed by atoms with van der Waals surface area (Å²) in [5.41, 5.74) is -0.231. The van der Waals surface area contributed by atoms with E-state index in [0.717, 1.165) is 0 Å². The molecule has 0 aromatic carbocycles. The number of carbonyl (C=O) groups excluding carboxylic acids is 1. The standard InChI is InChI=1S/C12H18N2O3/c1-12(6-8-15,9-17-2)14-11(16)10-5-3-4-7-13-10/h3-5,7,15H,6,8-9H2,1-2H3,(H,14,16)/t12-/m1/s1. The monoisotopic (exact) mass is 238 g/mol. The third-order valence-corrected chi connectivity index (χ3v) is 2.44. The van der Waals surface area contributed by atoms with Crippen LogP contribution >= 0.6 is 0 Å². The minimum atomic E-state index is -0.585. The molecule has 0 unspecified atom stereocenters. The van der Waals surface area contributed by atoms with Gasteiger partial charge in [-0.1, -0.05) is 6.07 Å². The Bertz CT molecular complexity index is 348. The lowest BCUT2D eigenvalue weighted by molar-refractivity contribution is 0.0721. The fourth-order valence-electron chi connectivity index (χ4n) is 1.57. The molecule has 5 nitrogen and oxygen atoms in total. The molecule has 0 bridgehead atoms. The molecule has 1 amide bonds. The summed E-state index contributed by atoms with van der Waals surface area (Å²) in [4.78, 5) is 15.9. The highest BCUT2D eigenvalue weighted by Gasteiger charge is 2.26. The fraction of sp³-hybridized carbons (Fsp3) is 0.500. The van der Waals surface area contributed by atoms with Crippen molar-refractivity contribution < 1.29 is 14.6 Å². The number of carbonyl (C=O) groups is 1. The molecule has 0 saturated carbocycles. The van der Waals surface area contributed by atoms with Crippen LogP contribution in [0.25, 0.3) is 0 Å². The van der Waals surface area contributed by atoms with Gasteiger partial charge in [-0.05, 0) is 25.5 Å². The predicted molar refractivity (Wildman–Crippen MR) is 63.7 cm³/mol. The van der Waals surface area contributed by atoms with Crippen LogP contribution in [0.5, 0.6) is 0 Å².